The lowest BCUT2D eigenvalue weighted by Crippen LogP contribution is -2.39. The van der Waals surface area contributed by atoms with Crippen molar-refractivity contribution in [3.05, 3.63) is 100 Å². The normalized spacial score (nSPS) is 12.1. The molecule has 0 fully saturated rings. The summed E-state index contributed by atoms with van der Waals surface area (Å²) >= 11 is 6.05. The summed E-state index contributed by atoms with van der Waals surface area (Å²) in [4.78, 5) is 13.1. The van der Waals surface area contributed by atoms with E-state index in [0.717, 1.165) is 5.56 Å². The van der Waals surface area contributed by atoms with E-state index in [4.69, 9.17) is 16.9 Å². The summed E-state index contributed by atoms with van der Waals surface area (Å²) in [5.41, 5.74) is 0.358. The maximum absolute atomic E-state index is 13.1. The molecule has 1 unspecified atom stereocenters. The number of nitrogens with one attached hydrogen (secondary N) is 1. The smallest absolute Gasteiger partial charge is 0.273 e. The monoisotopic (exact) mass is 400 g/mol. The van der Waals surface area contributed by atoms with Crippen LogP contribution in [0.1, 0.15) is 22.3 Å². The van der Waals surface area contributed by atoms with E-state index < -0.39 is 11.5 Å². The average molecular weight is 401 g/mol. The minimum atomic E-state index is -2.08. The second-order valence-corrected chi connectivity index (χ2v) is 6.81. The van der Waals surface area contributed by atoms with Crippen LogP contribution in [0.15, 0.2) is 72.8 Å². The van der Waals surface area contributed by atoms with Crippen molar-refractivity contribution in [2.45, 2.75) is 12.5 Å². The molecule has 0 aliphatic rings. The highest BCUT2D eigenvalue weighted by atomic mass is 35.5. The van der Waals surface area contributed by atoms with Gasteiger partial charge in [0.25, 0.3) is 5.91 Å². The number of carbonyl (C=O) groups is 1. The number of hydrogen-bond donors (Lipinski definition) is 2. The Hall–Kier alpha value is -3.57. The van der Waals surface area contributed by atoms with Gasteiger partial charge in [-0.25, -0.2) is 0 Å². The van der Waals surface area contributed by atoms with E-state index in [1.165, 1.54) is 12.1 Å². The van der Waals surface area contributed by atoms with Crippen molar-refractivity contribution in [3.8, 4) is 17.9 Å². The summed E-state index contributed by atoms with van der Waals surface area (Å²) in [6, 6.07) is 22.6. The van der Waals surface area contributed by atoms with Crippen LogP contribution in [-0.2, 0) is 10.4 Å². The van der Waals surface area contributed by atoms with Gasteiger partial charge in [-0.3, -0.25) is 4.79 Å². The Balaban J connectivity index is 2.02. The highest BCUT2D eigenvalue weighted by molar-refractivity contribution is 6.32. The molecule has 3 rings (SSSR count). The van der Waals surface area contributed by atoms with Crippen molar-refractivity contribution in [2.75, 3.05) is 5.32 Å². The third-order valence-corrected chi connectivity index (χ3v) is 4.69. The van der Waals surface area contributed by atoms with E-state index in [0.29, 0.717) is 22.4 Å². The number of rotatable bonds is 3. The molecular weight excluding hydrogens is 384 g/mol. The molecule has 142 valence electrons. The second-order valence-electron chi connectivity index (χ2n) is 6.40. The molecule has 0 bridgehead atoms. The first-order valence-electron chi connectivity index (χ1n) is 8.82. The fraction of sp³-hybridized carbons (Fsp3) is 0.0833. The zero-order chi connectivity index (χ0) is 20.9. The first kappa shape index (κ1) is 20.2. The maximum Gasteiger partial charge on any atom is 0.273 e. The first-order chi connectivity index (χ1) is 13.9. The molecule has 2 N–H and O–H groups in total. The molecule has 0 saturated heterocycles. The van der Waals surface area contributed by atoms with Crippen molar-refractivity contribution >= 4 is 23.2 Å². The van der Waals surface area contributed by atoms with Crippen LogP contribution < -0.4 is 5.32 Å². The maximum atomic E-state index is 13.1. The van der Waals surface area contributed by atoms with Crippen LogP contribution >= 0.6 is 11.6 Å². The molecule has 0 radical (unpaired) electrons. The SMILES string of the molecule is Cc1ccccc1C(O)(C#Cc1ccccc1)C(=O)Nc1ccc(C#N)c(Cl)c1. The number of anilines is 1. The number of amides is 1. The van der Waals surface area contributed by atoms with Crippen molar-refractivity contribution in [2.24, 2.45) is 0 Å². The number of nitriles is 1. The van der Waals surface area contributed by atoms with E-state index in [2.05, 4.69) is 17.2 Å². The summed E-state index contributed by atoms with van der Waals surface area (Å²) in [5.74, 6) is 4.90. The summed E-state index contributed by atoms with van der Waals surface area (Å²) < 4.78 is 0. The van der Waals surface area contributed by atoms with Crippen molar-refractivity contribution in [1.29, 1.82) is 5.26 Å². The van der Waals surface area contributed by atoms with Gasteiger partial charge in [-0.2, -0.15) is 5.26 Å². The Morgan fingerprint density at radius 3 is 2.41 bits per heavy atom. The zero-order valence-corrected chi connectivity index (χ0v) is 16.4. The summed E-state index contributed by atoms with van der Waals surface area (Å²) in [5, 5.41) is 23.2. The quantitative estimate of drug-likeness (QED) is 0.640. The number of hydrogen-bond acceptors (Lipinski definition) is 3. The molecule has 1 amide bonds. The lowest BCUT2D eigenvalue weighted by atomic mass is 9.89. The van der Waals surface area contributed by atoms with Gasteiger partial charge in [0.05, 0.1) is 10.6 Å². The summed E-state index contributed by atoms with van der Waals surface area (Å²) in [6.45, 7) is 1.80. The van der Waals surface area contributed by atoms with Crippen LogP contribution in [0.4, 0.5) is 5.69 Å². The Labute approximate surface area is 174 Å². The van der Waals surface area contributed by atoms with Gasteiger partial charge in [0.2, 0.25) is 5.60 Å². The number of aliphatic hydroxyl groups is 1. The van der Waals surface area contributed by atoms with Gasteiger partial charge >= 0.3 is 0 Å². The van der Waals surface area contributed by atoms with Crippen LogP contribution in [0, 0.1) is 30.1 Å². The van der Waals surface area contributed by atoms with Crippen LogP contribution in [0.25, 0.3) is 0 Å². The third kappa shape index (κ3) is 4.47. The topological polar surface area (TPSA) is 73.1 Å². The average Bonchev–Trinajstić information content (AvgIpc) is 2.73. The van der Waals surface area contributed by atoms with Crippen molar-refractivity contribution < 1.29 is 9.90 Å². The predicted molar refractivity (Wildman–Crippen MR) is 113 cm³/mol. The Morgan fingerprint density at radius 2 is 1.76 bits per heavy atom. The number of carbonyl (C=O) groups excluding carboxylic acids is 1. The van der Waals surface area contributed by atoms with Gasteiger partial charge < -0.3 is 10.4 Å². The molecule has 1 atom stereocenters. The van der Waals surface area contributed by atoms with Gasteiger partial charge in [-0.15, -0.1) is 0 Å². The zero-order valence-electron chi connectivity index (χ0n) is 15.6. The number of benzene rings is 3. The molecule has 0 aliphatic carbocycles. The summed E-state index contributed by atoms with van der Waals surface area (Å²) in [7, 11) is 0. The standard InChI is InChI=1S/C24H17ClN2O2/c1-17-7-5-6-10-21(17)24(29,14-13-18-8-3-2-4-9-18)23(28)27-20-12-11-19(16-26)22(25)15-20/h2-12,15,29H,1H3,(H,27,28). The number of nitrogens with zero attached hydrogens (tertiary/aromatic N) is 1. The van der Waals surface area contributed by atoms with Crippen LogP contribution in [-0.4, -0.2) is 11.0 Å². The third-order valence-electron chi connectivity index (χ3n) is 4.37. The van der Waals surface area contributed by atoms with Crippen LogP contribution in [0.5, 0.6) is 0 Å². The molecule has 4 nitrogen and oxygen atoms in total. The van der Waals surface area contributed by atoms with E-state index >= 15 is 0 Å². The fourth-order valence-corrected chi connectivity index (χ4v) is 3.04. The molecule has 0 aliphatic heterocycles. The van der Waals surface area contributed by atoms with E-state index in [-0.39, 0.29) is 5.02 Å². The van der Waals surface area contributed by atoms with Crippen molar-refractivity contribution in [3.63, 3.8) is 0 Å². The molecule has 0 spiro atoms. The molecular formula is C24H17ClN2O2. The molecule has 29 heavy (non-hydrogen) atoms. The van der Waals surface area contributed by atoms with E-state index in [1.807, 2.05) is 30.3 Å². The Morgan fingerprint density at radius 1 is 1.07 bits per heavy atom. The molecule has 0 aromatic heterocycles. The second kappa shape index (κ2) is 8.63. The molecule has 5 heteroatoms. The Kier molecular flexibility index (Phi) is 6.00. The Bertz CT molecular complexity index is 1160. The predicted octanol–water partition coefficient (Wildman–Crippen LogP) is 4.40. The minimum absolute atomic E-state index is 0.208. The molecule has 0 heterocycles. The van der Waals surface area contributed by atoms with Crippen molar-refractivity contribution in [1.82, 2.24) is 0 Å². The van der Waals surface area contributed by atoms with Gasteiger partial charge in [0, 0.05) is 16.8 Å². The van der Waals surface area contributed by atoms with Crippen LogP contribution in [0.3, 0.4) is 0 Å². The van der Waals surface area contributed by atoms with Gasteiger partial charge in [-0.05, 0) is 48.7 Å². The minimum Gasteiger partial charge on any atom is -0.366 e. The first-order valence-corrected chi connectivity index (χ1v) is 9.19. The van der Waals surface area contributed by atoms with Crippen LogP contribution in [0.2, 0.25) is 5.02 Å². The number of halogens is 1. The number of aryl methyl sites for hydroxylation is 1. The lowest BCUT2D eigenvalue weighted by Gasteiger charge is -2.24. The van der Waals surface area contributed by atoms with E-state index in [1.54, 1.807) is 43.3 Å². The highest BCUT2D eigenvalue weighted by Gasteiger charge is 2.37. The molecule has 3 aromatic carbocycles. The summed E-state index contributed by atoms with van der Waals surface area (Å²) in [6.07, 6.45) is 0. The van der Waals surface area contributed by atoms with Gasteiger partial charge in [-0.1, -0.05) is 60.0 Å². The highest BCUT2D eigenvalue weighted by Crippen LogP contribution is 2.27. The lowest BCUT2D eigenvalue weighted by molar-refractivity contribution is -0.129. The molecule has 3 aromatic rings. The van der Waals surface area contributed by atoms with E-state index in [9.17, 15) is 9.90 Å². The van der Waals surface area contributed by atoms with Gasteiger partial charge in [0.15, 0.2) is 0 Å². The molecule has 0 saturated carbocycles. The fourth-order valence-electron chi connectivity index (χ4n) is 2.81. The largest absolute Gasteiger partial charge is 0.366 e. The van der Waals surface area contributed by atoms with Gasteiger partial charge in [0.1, 0.15) is 6.07 Å².